The van der Waals surface area contributed by atoms with Gasteiger partial charge in [-0.15, -0.1) is 0 Å². The summed E-state index contributed by atoms with van der Waals surface area (Å²) in [5, 5.41) is 8.63. The van der Waals surface area contributed by atoms with Gasteiger partial charge < -0.3 is 15.4 Å². The average Bonchev–Trinajstić information content (AvgIpc) is 2.79. The maximum Gasteiger partial charge on any atom is 0.261 e. The van der Waals surface area contributed by atoms with Crippen LogP contribution in [0.5, 0.6) is 5.75 Å². The van der Waals surface area contributed by atoms with Gasteiger partial charge in [0.05, 0.1) is 12.2 Å². The predicted molar refractivity (Wildman–Crippen MR) is 136 cm³/mol. The number of ether oxygens (including phenoxy) is 1. The van der Waals surface area contributed by atoms with E-state index in [9.17, 15) is 9.59 Å². The summed E-state index contributed by atoms with van der Waals surface area (Å²) in [7, 11) is 0. The van der Waals surface area contributed by atoms with Gasteiger partial charge in [-0.3, -0.25) is 14.9 Å². The van der Waals surface area contributed by atoms with Crippen molar-refractivity contribution >= 4 is 40.5 Å². The average molecular weight is 462 g/mol. The molecule has 3 aromatic carbocycles. The predicted octanol–water partition coefficient (Wildman–Crippen LogP) is 5.55. The van der Waals surface area contributed by atoms with Crippen molar-refractivity contribution in [3.05, 3.63) is 89.5 Å². The number of benzene rings is 3. The number of amides is 2. The molecule has 170 valence electrons. The Hall–Kier alpha value is -3.71. The molecule has 0 aliphatic rings. The molecule has 6 nitrogen and oxygen atoms in total. The van der Waals surface area contributed by atoms with Crippen molar-refractivity contribution < 1.29 is 14.3 Å². The Bertz CT molecular complexity index is 1150. The number of thiocarbonyl (C=S) groups is 1. The number of para-hydroxylation sites is 1. The molecule has 0 aromatic heterocycles. The van der Waals surface area contributed by atoms with Crippen molar-refractivity contribution in [2.45, 2.75) is 26.7 Å². The zero-order valence-corrected chi connectivity index (χ0v) is 19.5. The molecule has 3 N–H and O–H groups in total. The molecular formula is C26H27N3O3S. The lowest BCUT2D eigenvalue weighted by atomic mass is 10.1. The summed E-state index contributed by atoms with van der Waals surface area (Å²) in [6.45, 7) is 4.58. The maximum atomic E-state index is 12.7. The van der Waals surface area contributed by atoms with Crippen LogP contribution in [0, 0.1) is 6.92 Å². The summed E-state index contributed by atoms with van der Waals surface area (Å²) >= 11 is 5.31. The van der Waals surface area contributed by atoms with Crippen LogP contribution in [0.2, 0.25) is 0 Å². The molecule has 0 aliphatic carbocycles. The van der Waals surface area contributed by atoms with Gasteiger partial charge in [-0.25, -0.2) is 0 Å². The second-order valence-electron chi connectivity index (χ2n) is 7.51. The fourth-order valence-corrected chi connectivity index (χ4v) is 3.31. The van der Waals surface area contributed by atoms with Gasteiger partial charge >= 0.3 is 0 Å². The molecule has 0 radical (unpaired) electrons. The monoisotopic (exact) mass is 461 g/mol. The molecule has 2 amide bonds. The highest BCUT2D eigenvalue weighted by Gasteiger charge is 2.14. The first-order valence-electron chi connectivity index (χ1n) is 10.8. The smallest absolute Gasteiger partial charge is 0.261 e. The molecule has 0 heterocycles. The van der Waals surface area contributed by atoms with Gasteiger partial charge in [-0.2, -0.15) is 0 Å². The third-order valence-corrected chi connectivity index (χ3v) is 4.98. The van der Waals surface area contributed by atoms with Crippen LogP contribution >= 0.6 is 12.2 Å². The van der Waals surface area contributed by atoms with E-state index in [2.05, 4.69) is 22.9 Å². The van der Waals surface area contributed by atoms with Gasteiger partial charge in [0.25, 0.3) is 11.8 Å². The first kappa shape index (κ1) is 23.9. The quantitative estimate of drug-likeness (QED) is 0.303. The molecule has 0 fully saturated rings. The Kier molecular flexibility index (Phi) is 8.55. The highest BCUT2D eigenvalue weighted by atomic mass is 32.1. The van der Waals surface area contributed by atoms with E-state index in [4.69, 9.17) is 17.0 Å². The van der Waals surface area contributed by atoms with Crippen molar-refractivity contribution in [3.8, 4) is 5.75 Å². The van der Waals surface area contributed by atoms with Gasteiger partial charge in [0.2, 0.25) is 0 Å². The number of hydrogen-bond acceptors (Lipinski definition) is 4. The van der Waals surface area contributed by atoms with E-state index < -0.39 is 0 Å². The van der Waals surface area contributed by atoms with Crippen LogP contribution in [0.1, 0.15) is 46.0 Å². The molecule has 0 atom stereocenters. The van der Waals surface area contributed by atoms with Gasteiger partial charge in [0.15, 0.2) is 5.11 Å². The summed E-state index contributed by atoms with van der Waals surface area (Å²) in [4.78, 5) is 25.3. The van der Waals surface area contributed by atoms with E-state index in [1.807, 2.05) is 37.3 Å². The molecule has 3 aromatic rings. The second-order valence-corrected chi connectivity index (χ2v) is 7.92. The van der Waals surface area contributed by atoms with E-state index in [0.717, 1.165) is 24.1 Å². The number of aryl methyl sites for hydroxylation is 1. The first-order valence-corrected chi connectivity index (χ1v) is 11.2. The fourth-order valence-electron chi connectivity index (χ4n) is 3.10. The van der Waals surface area contributed by atoms with Crippen LogP contribution < -0.4 is 20.7 Å². The van der Waals surface area contributed by atoms with Crippen LogP contribution in [-0.2, 0) is 0 Å². The lowest BCUT2D eigenvalue weighted by Gasteiger charge is -2.13. The summed E-state index contributed by atoms with van der Waals surface area (Å²) in [5.41, 5.74) is 3.24. The van der Waals surface area contributed by atoms with E-state index in [0.29, 0.717) is 29.2 Å². The van der Waals surface area contributed by atoms with Crippen molar-refractivity contribution in [2.75, 3.05) is 17.2 Å². The topological polar surface area (TPSA) is 79.5 Å². The molecule has 0 unspecified atom stereocenters. The Morgan fingerprint density at radius 1 is 0.879 bits per heavy atom. The van der Waals surface area contributed by atoms with Crippen LogP contribution in [0.25, 0.3) is 0 Å². The Morgan fingerprint density at radius 3 is 2.36 bits per heavy atom. The maximum absolute atomic E-state index is 12.7. The summed E-state index contributed by atoms with van der Waals surface area (Å²) < 4.78 is 5.73. The van der Waals surface area contributed by atoms with Gasteiger partial charge in [-0.05, 0) is 73.6 Å². The number of anilines is 2. The molecule has 0 saturated carbocycles. The Labute approximate surface area is 199 Å². The lowest BCUT2D eigenvalue weighted by Crippen LogP contribution is -2.34. The summed E-state index contributed by atoms with van der Waals surface area (Å²) in [6.07, 6.45) is 1.91. The van der Waals surface area contributed by atoms with E-state index >= 15 is 0 Å². The second kappa shape index (κ2) is 11.8. The summed E-state index contributed by atoms with van der Waals surface area (Å²) in [5.74, 6) is -0.0913. The molecule has 7 heteroatoms. The number of carbonyl (C=O) groups excluding carboxylic acids is 2. The van der Waals surface area contributed by atoms with Crippen LogP contribution in [0.15, 0.2) is 72.8 Å². The SMILES string of the molecule is CCCCOc1ccccc1C(=O)NC(=S)Nc1cccc(C(=O)Nc2cccc(C)c2)c1. The van der Waals surface area contributed by atoms with E-state index in [-0.39, 0.29) is 16.9 Å². The number of rotatable bonds is 8. The largest absolute Gasteiger partial charge is 0.493 e. The van der Waals surface area contributed by atoms with E-state index in [1.54, 1.807) is 42.5 Å². The normalized spacial score (nSPS) is 10.2. The first-order chi connectivity index (χ1) is 16.0. The van der Waals surface area contributed by atoms with Crippen molar-refractivity contribution in [1.29, 1.82) is 0 Å². The Morgan fingerprint density at radius 2 is 1.61 bits per heavy atom. The molecule has 0 spiro atoms. The minimum atomic E-state index is -0.368. The van der Waals surface area contributed by atoms with Gasteiger partial charge in [-0.1, -0.05) is 43.7 Å². The van der Waals surface area contributed by atoms with Crippen LogP contribution in [0.4, 0.5) is 11.4 Å². The van der Waals surface area contributed by atoms with Crippen molar-refractivity contribution in [3.63, 3.8) is 0 Å². The molecule has 33 heavy (non-hydrogen) atoms. The minimum Gasteiger partial charge on any atom is -0.493 e. The minimum absolute atomic E-state index is 0.125. The van der Waals surface area contributed by atoms with Crippen molar-refractivity contribution in [1.82, 2.24) is 5.32 Å². The molecule has 0 saturated heterocycles. The third kappa shape index (κ3) is 7.15. The van der Waals surface area contributed by atoms with Gasteiger partial charge in [0, 0.05) is 16.9 Å². The van der Waals surface area contributed by atoms with Crippen LogP contribution in [0.3, 0.4) is 0 Å². The zero-order valence-electron chi connectivity index (χ0n) is 18.7. The number of unbranched alkanes of at least 4 members (excludes halogenated alkanes) is 1. The standard InChI is InChI=1S/C26H27N3O3S/c1-3-4-15-32-23-14-6-5-13-22(23)25(31)29-26(33)28-21-12-8-10-19(17-21)24(30)27-20-11-7-9-18(2)16-20/h5-14,16-17H,3-4,15H2,1-2H3,(H,27,30)(H2,28,29,31,33). The third-order valence-electron chi connectivity index (χ3n) is 4.77. The number of carbonyl (C=O) groups is 2. The molecular weight excluding hydrogens is 434 g/mol. The molecule has 0 aliphatic heterocycles. The number of nitrogens with one attached hydrogen (secondary N) is 3. The fraction of sp³-hybridized carbons (Fsp3) is 0.192. The lowest BCUT2D eigenvalue weighted by molar-refractivity contribution is 0.0972. The molecule has 3 rings (SSSR count). The number of hydrogen-bond donors (Lipinski definition) is 3. The van der Waals surface area contributed by atoms with E-state index in [1.165, 1.54) is 0 Å². The highest BCUT2D eigenvalue weighted by molar-refractivity contribution is 7.80. The van der Waals surface area contributed by atoms with Crippen molar-refractivity contribution in [2.24, 2.45) is 0 Å². The zero-order chi connectivity index (χ0) is 23.6. The molecule has 0 bridgehead atoms. The Balaban J connectivity index is 1.62. The summed E-state index contributed by atoms with van der Waals surface area (Å²) in [6, 6.07) is 21.5. The van der Waals surface area contributed by atoms with Crippen LogP contribution in [-0.4, -0.2) is 23.5 Å². The van der Waals surface area contributed by atoms with Gasteiger partial charge in [0.1, 0.15) is 5.75 Å². The highest BCUT2D eigenvalue weighted by Crippen LogP contribution is 2.19.